The topological polar surface area (TPSA) is 111 Å². The van der Waals surface area contributed by atoms with Crippen molar-refractivity contribution < 1.29 is 9.63 Å². The quantitative estimate of drug-likeness (QED) is 0.782. The fraction of sp³-hybridized carbons (Fsp3) is 0.400. The number of nitrogens with two attached hydrogens (primary N) is 1. The van der Waals surface area contributed by atoms with Gasteiger partial charge in [0.05, 0.1) is 6.10 Å². The molecule has 3 N–H and O–H groups in total. The summed E-state index contributed by atoms with van der Waals surface area (Å²) in [6.45, 7) is 3.33. The molecule has 0 bridgehead atoms. The zero-order chi connectivity index (χ0) is 12.4. The van der Waals surface area contributed by atoms with Crippen LogP contribution >= 0.6 is 0 Å². The fourth-order valence-electron chi connectivity index (χ4n) is 1.26. The Morgan fingerprint density at radius 1 is 1.41 bits per heavy atom. The van der Waals surface area contributed by atoms with E-state index in [0.29, 0.717) is 17.3 Å². The lowest BCUT2D eigenvalue weighted by molar-refractivity contribution is 0.146. The van der Waals surface area contributed by atoms with Gasteiger partial charge in [-0.3, -0.25) is 0 Å². The molecule has 0 aliphatic heterocycles. The number of aliphatic hydroxyl groups is 1. The van der Waals surface area contributed by atoms with Crippen LogP contribution in [0.25, 0.3) is 11.5 Å². The first-order chi connectivity index (χ1) is 8.08. The maximum Gasteiger partial charge on any atom is 0.246 e. The highest BCUT2D eigenvalue weighted by molar-refractivity contribution is 5.47. The third-order valence-electron chi connectivity index (χ3n) is 2.25. The summed E-state index contributed by atoms with van der Waals surface area (Å²) in [5, 5.41) is 13.1. The lowest BCUT2D eigenvalue weighted by Crippen LogP contribution is -2.23. The van der Waals surface area contributed by atoms with Gasteiger partial charge in [0.1, 0.15) is 17.6 Å². The Kier molecular flexibility index (Phi) is 3.12. The molecule has 0 amide bonds. The van der Waals surface area contributed by atoms with Gasteiger partial charge in [-0.2, -0.15) is 4.98 Å². The number of hydrogen-bond acceptors (Lipinski definition) is 7. The molecule has 0 aromatic carbocycles. The second-order valence-electron chi connectivity index (χ2n) is 3.71. The van der Waals surface area contributed by atoms with Crippen LogP contribution in [-0.4, -0.2) is 31.3 Å². The minimum Gasteiger partial charge on any atom is -0.391 e. The van der Waals surface area contributed by atoms with Crippen LogP contribution in [0.4, 0.5) is 0 Å². The smallest absolute Gasteiger partial charge is 0.246 e. The first-order valence-corrected chi connectivity index (χ1v) is 5.15. The molecular weight excluding hydrogens is 222 g/mol. The fourth-order valence-corrected chi connectivity index (χ4v) is 1.26. The predicted molar refractivity (Wildman–Crippen MR) is 58.7 cm³/mol. The molecular formula is C10H13N5O2. The van der Waals surface area contributed by atoms with Gasteiger partial charge in [0.15, 0.2) is 0 Å². The minimum absolute atomic E-state index is 0.186. The number of aliphatic hydroxyl groups excluding tert-OH is 1. The second-order valence-corrected chi connectivity index (χ2v) is 3.71. The predicted octanol–water partition coefficient (Wildman–Crippen LogP) is 0.216. The Morgan fingerprint density at radius 3 is 2.82 bits per heavy atom. The normalized spacial score (nSPS) is 14.6. The van der Waals surface area contributed by atoms with E-state index in [9.17, 15) is 5.11 Å². The Labute approximate surface area is 97.7 Å². The van der Waals surface area contributed by atoms with Gasteiger partial charge < -0.3 is 15.4 Å². The summed E-state index contributed by atoms with van der Waals surface area (Å²) in [5.41, 5.74) is 6.24. The Hall–Kier alpha value is -1.86. The number of hydrogen-bond donors (Lipinski definition) is 2. The lowest BCUT2D eigenvalue weighted by atomic mass is 10.2. The van der Waals surface area contributed by atoms with Gasteiger partial charge in [0.2, 0.25) is 11.7 Å². The molecule has 0 radical (unpaired) electrons. The maximum atomic E-state index is 9.32. The molecule has 2 aromatic heterocycles. The van der Waals surface area contributed by atoms with Crippen molar-refractivity contribution in [2.75, 3.05) is 0 Å². The number of aromatic nitrogens is 4. The lowest BCUT2D eigenvalue weighted by Gasteiger charge is -2.08. The summed E-state index contributed by atoms with van der Waals surface area (Å²) in [6, 6.07) is 0.981. The monoisotopic (exact) mass is 235 g/mol. The molecule has 0 aliphatic rings. The van der Waals surface area contributed by atoms with Crippen molar-refractivity contribution in [1.29, 1.82) is 0 Å². The van der Waals surface area contributed by atoms with E-state index in [2.05, 4.69) is 20.1 Å². The van der Waals surface area contributed by atoms with E-state index in [4.69, 9.17) is 10.3 Å². The number of nitrogens with zero attached hydrogens (tertiary/aromatic N) is 4. The van der Waals surface area contributed by atoms with Gasteiger partial charge in [0, 0.05) is 6.20 Å². The van der Waals surface area contributed by atoms with Crippen LogP contribution < -0.4 is 5.73 Å². The van der Waals surface area contributed by atoms with E-state index in [1.807, 2.05) is 0 Å². The second kappa shape index (κ2) is 4.56. The third kappa shape index (κ3) is 2.45. The number of aryl methyl sites for hydroxylation is 1. The standard InChI is InChI=1S/C10H13N5O2/c1-5(16)8(11)10-14-9(15-17-10)7-3-4-12-6(2)13-7/h3-5,8,16H,11H2,1-2H3. The van der Waals surface area contributed by atoms with Crippen LogP contribution in [-0.2, 0) is 0 Å². The molecule has 7 heteroatoms. The molecule has 17 heavy (non-hydrogen) atoms. The molecule has 2 aromatic rings. The summed E-state index contributed by atoms with van der Waals surface area (Å²) >= 11 is 0. The van der Waals surface area contributed by atoms with Gasteiger partial charge in [-0.05, 0) is 19.9 Å². The van der Waals surface area contributed by atoms with Gasteiger partial charge in [-0.25, -0.2) is 9.97 Å². The summed E-state index contributed by atoms with van der Waals surface area (Å²) in [5.74, 6) is 1.14. The van der Waals surface area contributed by atoms with E-state index in [1.54, 1.807) is 26.1 Å². The summed E-state index contributed by atoms with van der Waals surface area (Å²) < 4.78 is 4.98. The van der Waals surface area contributed by atoms with Crippen molar-refractivity contribution in [3.05, 3.63) is 24.0 Å². The van der Waals surface area contributed by atoms with Gasteiger partial charge in [-0.1, -0.05) is 5.16 Å². The van der Waals surface area contributed by atoms with Crippen molar-refractivity contribution in [2.45, 2.75) is 26.0 Å². The van der Waals surface area contributed by atoms with Crippen molar-refractivity contribution in [3.8, 4) is 11.5 Å². The zero-order valence-corrected chi connectivity index (χ0v) is 9.53. The average Bonchev–Trinajstić information content (AvgIpc) is 2.77. The molecule has 0 aliphatic carbocycles. The Balaban J connectivity index is 2.30. The van der Waals surface area contributed by atoms with Crippen molar-refractivity contribution >= 4 is 0 Å². The van der Waals surface area contributed by atoms with Crippen molar-refractivity contribution in [3.63, 3.8) is 0 Å². The SMILES string of the molecule is Cc1nccc(-c2noc(C(N)C(C)O)n2)n1. The van der Waals surface area contributed by atoms with Crippen LogP contribution in [0.1, 0.15) is 24.7 Å². The average molecular weight is 235 g/mol. The highest BCUT2D eigenvalue weighted by Gasteiger charge is 2.20. The van der Waals surface area contributed by atoms with Gasteiger partial charge in [0.25, 0.3) is 0 Å². The molecule has 0 saturated carbocycles. The van der Waals surface area contributed by atoms with E-state index in [-0.39, 0.29) is 5.89 Å². The van der Waals surface area contributed by atoms with E-state index < -0.39 is 12.1 Å². The molecule has 0 spiro atoms. The molecule has 2 unspecified atom stereocenters. The van der Waals surface area contributed by atoms with Gasteiger partial charge >= 0.3 is 0 Å². The summed E-state index contributed by atoms with van der Waals surface area (Å²) in [6.07, 6.45) is 0.859. The van der Waals surface area contributed by atoms with Crippen LogP contribution in [0.5, 0.6) is 0 Å². The Bertz CT molecular complexity index is 511. The van der Waals surface area contributed by atoms with Crippen LogP contribution in [0.3, 0.4) is 0 Å². The van der Waals surface area contributed by atoms with Crippen LogP contribution in [0, 0.1) is 6.92 Å². The molecule has 90 valence electrons. The van der Waals surface area contributed by atoms with Crippen LogP contribution in [0.2, 0.25) is 0 Å². The molecule has 2 atom stereocenters. The van der Waals surface area contributed by atoms with E-state index >= 15 is 0 Å². The van der Waals surface area contributed by atoms with Gasteiger partial charge in [-0.15, -0.1) is 0 Å². The largest absolute Gasteiger partial charge is 0.391 e. The van der Waals surface area contributed by atoms with Crippen molar-refractivity contribution in [2.24, 2.45) is 5.73 Å². The summed E-state index contributed by atoms with van der Waals surface area (Å²) in [4.78, 5) is 12.2. The summed E-state index contributed by atoms with van der Waals surface area (Å²) in [7, 11) is 0. The highest BCUT2D eigenvalue weighted by atomic mass is 16.5. The van der Waals surface area contributed by atoms with E-state index in [1.165, 1.54) is 0 Å². The molecule has 0 saturated heterocycles. The number of rotatable bonds is 3. The molecule has 2 heterocycles. The highest BCUT2D eigenvalue weighted by Crippen LogP contribution is 2.17. The van der Waals surface area contributed by atoms with Crippen LogP contribution in [0.15, 0.2) is 16.8 Å². The minimum atomic E-state index is -0.754. The third-order valence-corrected chi connectivity index (χ3v) is 2.25. The zero-order valence-electron chi connectivity index (χ0n) is 9.53. The molecule has 0 fully saturated rings. The molecule has 2 rings (SSSR count). The first kappa shape index (κ1) is 11.6. The molecule has 7 nitrogen and oxygen atoms in total. The maximum absolute atomic E-state index is 9.32. The Morgan fingerprint density at radius 2 is 2.18 bits per heavy atom. The van der Waals surface area contributed by atoms with Crippen molar-refractivity contribution in [1.82, 2.24) is 20.1 Å². The van der Waals surface area contributed by atoms with E-state index in [0.717, 1.165) is 0 Å². The first-order valence-electron chi connectivity index (χ1n) is 5.15.